The Morgan fingerprint density at radius 1 is 0.917 bits per heavy atom. The minimum atomic E-state index is -3.63. The van der Waals surface area contributed by atoms with Gasteiger partial charge in [0.1, 0.15) is 0 Å². The fourth-order valence-electron chi connectivity index (χ4n) is 2.59. The van der Waals surface area contributed by atoms with E-state index in [0.29, 0.717) is 11.5 Å². The first-order valence-electron chi connectivity index (χ1n) is 7.41. The highest BCUT2D eigenvalue weighted by Gasteiger charge is 2.16. The van der Waals surface area contributed by atoms with E-state index in [4.69, 9.17) is 0 Å². The number of aromatic nitrogens is 3. The van der Waals surface area contributed by atoms with E-state index in [1.165, 1.54) is 0 Å². The molecule has 0 amide bonds. The van der Waals surface area contributed by atoms with Crippen LogP contribution < -0.4 is 4.72 Å². The lowest BCUT2D eigenvalue weighted by molar-refractivity contribution is 0.579. The molecule has 120 valence electrons. The van der Waals surface area contributed by atoms with Gasteiger partial charge in [-0.2, -0.15) is 0 Å². The molecule has 2 aromatic heterocycles. The maximum absolute atomic E-state index is 12.5. The van der Waals surface area contributed by atoms with E-state index in [1.807, 2.05) is 42.5 Å². The first kappa shape index (κ1) is 14.8. The maximum atomic E-state index is 12.5. The number of pyridine rings is 1. The molecule has 2 heterocycles. The quantitative estimate of drug-likeness (QED) is 0.620. The molecule has 7 heteroatoms. The van der Waals surface area contributed by atoms with Crippen LogP contribution in [0.5, 0.6) is 0 Å². The SMILES string of the molecule is O=S(=O)(NCc1nnc2ccccn12)c1ccc2ccccc2c1. The number of fused-ring (bicyclic) bond motifs is 2. The van der Waals surface area contributed by atoms with E-state index in [0.717, 1.165) is 10.8 Å². The van der Waals surface area contributed by atoms with Crippen molar-refractivity contribution in [2.24, 2.45) is 0 Å². The van der Waals surface area contributed by atoms with Gasteiger partial charge in [-0.1, -0.05) is 36.4 Å². The molecular weight excluding hydrogens is 324 g/mol. The normalized spacial score (nSPS) is 12.0. The van der Waals surface area contributed by atoms with Gasteiger partial charge in [0.25, 0.3) is 0 Å². The van der Waals surface area contributed by atoms with Crippen molar-refractivity contribution in [1.29, 1.82) is 0 Å². The molecule has 0 atom stereocenters. The van der Waals surface area contributed by atoms with Gasteiger partial charge < -0.3 is 0 Å². The summed E-state index contributed by atoms with van der Waals surface area (Å²) in [6.07, 6.45) is 1.80. The molecule has 24 heavy (non-hydrogen) atoms. The molecule has 0 saturated heterocycles. The van der Waals surface area contributed by atoms with Crippen molar-refractivity contribution in [2.45, 2.75) is 11.4 Å². The summed E-state index contributed by atoms with van der Waals surface area (Å²) in [6, 6.07) is 18.2. The number of nitrogens with one attached hydrogen (secondary N) is 1. The van der Waals surface area contributed by atoms with Crippen molar-refractivity contribution in [3.8, 4) is 0 Å². The lowest BCUT2D eigenvalue weighted by atomic mass is 10.1. The summed E-state index contributed by atoms with van der Waals surface area (Å²) in [4.78, 5) is 0.232. The topological polar surface area (TPSA) is 76.4 Å². The van der Waals surface area contributed by atoms with Gasteiger partial charge in [0, 0.05) is 6.20 Å². The van der Waals surface area contributed by atoms with E-state index in [9.17, 15) is 8.42 Å². The van der Waals surface area contributed by atoms with E-state index in [2.05, 4.69) is 14.9 Å². The average Bonchev–Trinajstić information content (AvgIpc) is 3.03. The second-order valence-corrected chi connectivity index (χ2v) is 7.15. The van der Waals surface area contributed by atoms with Crippen LogP contribution >= 0.6 is 0 Å². The van der Waals surface area contributed by atoms with Gasteiger partial charge in [0.2, 0.25) is 10.0 Å². The second kappa shape index (κ2) is 5.70. The number of sulfonamides is 1. The van der Waals surface area contributed by atoms with Crippen molar-refractivity contribution in [3.63, 3.8) is 0 Å². The summed E-state index contributed by atoms with van der Waals surface area (Å²) in [7, 11) is -3.63. The number of hydrogen-bond donors (Lipinski definition) is 1. The molecule has 0 aliphatic rings. The van der Waals surface area contributed by atoms with E-state index >= 15 is 0 Å². The van der Waals surface area contributed by atoms with Crippen LogP contribution in [0.3, 0.4) is 0 Å². The average molecular weight is 338 g/mol. The molecule has 6 nitrogen and oxygen atoms in total. The molecule has 0 saturated carbocycles. The molecule has 0 unspecified atom stereocenters. The molecular formula is C17H14N4O2S. The molecule has 0 aliphatic heterocycles. The van der Waals surface area contributed by atoms with Gasteiger partial charge in [-0.3, -0.25) is 4.40 Å². The highest BCUT2D eigenvalue weighted by molar-refractivity contribution is 7.89. The second-order valence-electron chi connectivity index (χ2n) is 5.38. The number of nitrogens with zero attached hydrogens (tertiary/aromatic N) is 3. The Hall–Kier alpha value is -2.77. The minimum Gasteiger partial charge on any atom is -0.285 e. The predicted octanol–water partition coefficient (Wildman–Crippen LogP) is 2.36. The third-order valence-electron chi connectivity index (χ3n) is 3.84. The van der Waals surface area contributed by atoms with Crippen LogP contribution in [0.25, 0.3) is 16.4 Å². The summed E-state index contributed by atoms with van der Waals surface area (Å²) < 4.78 is 29.4. The van der Waals surface area contributed by atoms with Gasteiger partial charge in [0.15, 0.2) is 11.5 Å². The molecule has 4 rings (SSSR count). The largest absolute Gasteiger partial charge is 0.285 e. The fraction of sp³-hybridized carbons (Fsp3) is 0.0588. The van der Waals surface area contributed by atoms with Gasteiger partial charge in [-0.25, -0.2) is 13.1 Å². The van der Waals surface area contributed by atoms with Gasteiger partial charge in [-0.15, -0.1) is 10.2 Å². The number of hydrogen-bond acceptors (Lipinski definition) is 4. The van der Waals surface area contributed by atoms with Crippen LogP contribution in [0.1, 0.15) is 5.82 Å². The summed E-state index contributed by atoms with van der Waals surface area (Å²) in [5.74, 6) is 0.537. The molecule has 0 spiro atoms. The van der Waals surface area contributed by atoms with E-state index in [1.54, 1.807) is 28.8 Å². The lowest BCUT2D eigenvalue weighted by Crippen LogP contribution is -2.24. The smallest absolute Gasteiger partial charge is 0.240 e. The molecule has 0 radical (unpaired) electrons. The molecule has 4 aromatic rings. The van der Waals surface area contributed by atoms with Crippen molar-refractivity contribution < 1.29 is 8.42 Å². The van der Waals surface area contributed by atoms with Crippen LogP contribution in [0.15, 0.2) is 71.8 Å². The first-order chi connectivity index (χ1) is 11.6. The molecule has 0 aliphatic carbocycles. The summed E-state index contributed by atoms with van der Waals surface area (Å²) in [5.41, 5.74) is 0.678. The fourth-order valence-corrected chi connectivity index (χ4v) is 3.60. The first-order valence-corrected chi connectivity index (χ1v) is 8.89. The number of benzene rings is 2. The summed E-state index contributed by atoms with van der Waals surface area (Å²) in [6.45, 7) is 0.0698. The van der Waals surface area contributed by atoms with Gasteiger partial charge in [0.05, 0.1) is 11.4 Å². The van der Waals surface area contributed by atoms with Crippen molar-refractivity contribution in [1.82, 2.24) is 19.3 Å². The van der Waals surface area contributed by atoms with Gasteiger partial charge in [-0.05, 0) is 35.0 Å². The summed E-state index contributed by atoms with van der Waals surface area (Å²) in [5, 5.41) is 9.92. The van der Waals surface area contributed by atoms with Crippen molar-refractivity contribution >= 4 is 26.4 Å². The Bertz CT molecular complexity index is 1140. The van der Waals surface area contributed by atoms with Gasteiger partial charge >= 0.3 is 0 Å². The Morgan fingerprint density at radius 2 is 1.71 bits per heavy atom. The van der Waals surface area contributed by atoms with Crippen LogP contribution in [0.4, 0.5) is 0 Å². The molecule has 2 aromatic carbocycles. The zero-order valence-corrected chi connectivity index (χ0v) is 13.4. The molecule has 0 fully saturated rings. The zero-order valence-electron chi connectivity index (χ0n) is 12.6. The lowest BCUT2D eigenvalue weighted by Gasteiger charge is -2.07. The zero-order chi connectivity index (χ0) is 16.6. The van der Waals surface area contributed by atoms with Crippen molar-refractivity contribution in [2.75, 3.05) is 0 Å². The summed E-state index contributed by atoms with van der Waals surface area (Å²) >= 11 is 0. The van der Waals surface area contributed by atoms with Crippen LogP contribution in [0.2, 0.25) is 0 Å². The van der Waals surface area contributed by atoms with Crippen LogP contribution in [-0.4, -0.2) is 23.0 Å². The Labute approximate surface area is 138 Å². The highest BCUT2D eigenvalue weighted by Crippen LogP contribution is 2.19. The third-order valence-corrected chi connectivity index (χ3v) is 5.23. The Morgan fingerprint density at radius 3 is 2.58 bits per heavy atom. The van der Waals surface area contributed by atoms with Crippen LogP contribution in [0, 0.1) is 0 Å². The van der Waals surface area contributed by atoms with E-state index in [-0.39, 0.29) is 11.4 Å². The predicted molar refractivity (Wildman–Crippen MR) is 91.0 cm³/mol. The monoisotopic (exact) mass is 338 g/mol. The van der Waals surface area contributed by atoms with Crippen molar-refractivity contribution in [3.05, 3.63) is 72.7 Å². The highest BCUT2D eigenvalue weighted by atomic mass is 32.2. The number of rotatable bonds is 4. The molecule has 0 bridgehead atoms. The van der Waals surface area contributed by atoms with Crippen LogP contribution in [-0.2, 0) is 16.6 Å². The minimum absolute atomic E-state index is 0.0698. The molecule has 1 N–H and O–H groups in total. The van der Waals surface area contributed by atoms with E-state index < -0.39 is 10.0 Å². The Kier molecular flexibility index (Phi) is 3.51. The maximum Gasteiger partial charge on any atom is 0.240 e. The standard InChI is InChI=1S/C17H14N4O2S/c22-24(23,15-9-8-13-5-1-2-6-14(13)11-15)18-12-17-20-19-16-7-3-4-10-21(16)17/h1-11,18H,12H2. The third kappa shape index (κ3) is 2.64. The Balaban J connectivity index is 1.62.